The minimum atomic E-state index is -0.104. The van der Waals surface area contributed by atoms with E-state index in [9.17, 15) is 0 Å². The van der Waals surface area contributed by atoms with Gasteiger partial charge in [0.1, 0.15) is 0 Å². The maximum absolute atomic E-state index is 3.82. The second-order valence-electron chi connectivity index (χ2n) is 14.3. The van der Waals surface area contributed by atoms with Gasteiger partial charge < -0.3 is 4.90 Å². The smallest absolute Gasteiger partial charge is 0.0467 e. The van der Waals surface area contributed by atoms with E-state index in [0.717, 1.165) is 21.5 Å². The van der Waals surface area contributed by atoms with Gasteiger partial charge in [0.25, 0.3) is 0 Å². The first-order valence-corrected chi connectivity index (χ1v) is 19.0. The average Bonchev–Trinajstić information content (AvgIpc) is 3.44. The Kier molecular flexibility index (Phi) is 8.41. The molecular weight excluding hydrogens is 706 g/mol. The fourth-order valence-electron chi connectivity index (χ4n) is 8.13. The molecule has 0 unspecified atom stereocenters. The van der Waals surface area contributed by atoms with Crippen LogP contribution < -0.4 is 4.90 Å². The summed E-state index contributed by atoms with van der Waals surface area (Å²) in [5.41, 5.74) is 18.2. The second kappa shape index (κ2) is 13.5. The van der Waals surface area contributed by atoms with Gasteiger partial charge in [0.15, 0.2) is 0 Å². The molecule has 1 aliphatic rings. The van der Waals surface area contributed by atoms with Crippen LogP contribution in [0.15, 0.2) is 199 Å². The first-order valence-electron chi connectivity index (χ1n) is 18.2. The molecule has 0 aliphatic heterocycles. The lowest BCUT2D eigenvalue weighted by Crippen LogP contribution is -2.16. The quantitative estimate of drug-likeness (QED) is 0.157. The molecule has 0 atom stereocenters. The van der Waals surface area contributed by atoms with Gasteiger partial charge in [0.05, 0.1) is 0 Å². The predicted molar refractivity (Wildman–Crippen MR) is 228 cm³/mol. The molecule has 8 aromatic carbocycles. The van der Waals surface area contributed by atoms with Gasteiger partial charge in [-0.15, -0.1) is 0 Å². The van der Waals surface area contributed by atoms with Crippen LogP contribution in [0.4, 0.5) is 17.1 Å². The van der Waals surface area contributed by atoms with Crippen LogP contribution in [0, 0.1) is 0 Å². The number of hydrogen-bond acceptors (Lipinski definition) is 1. The van der Waals surface area contributed by atoms with E-state index in [2.05, 4.69) is 229 Å². The molecule has 0 saturated heterocycles. The van der Waals surface area contributed by atoms with Gasteiger partial charge >= 0.3 is 0 Å². The van der Waals surface area contributed by atoms with Gasteiger partial charge in [-0.1, -0.05) is 181 Å². The summed E-state index contributed by atoms with van der Waals surface area (Å²) in [6.45, 7) is 4.70. The lowest BCUT2D eigenvalue weighted by atomic mass is 9.82. The van der Waals surface area contributed by atoms with Crippen molar-refractivity contribution < 1.29 is 0 Å². The van der Waals surface area contributed by atoms with Gasteiger partial charge in [-0.3, -0.25) is 0 Å². The van der Waals surface area contributed by atoms with E-state index in [-0.39, 0.29) is 5.41 Å². The molecule has 254 valence electrons. The van der Waals surface area contributed by atoms with E-state index in [1.807, 2.05) is 0 Å². The van der Waals surface area contributed by atoms with Crippen molar-refractivity contribution in [3.05, 3.63) is 210 Å². The van der Waals surface area contributed by atoms with E-state index >= 15 is 0 Å². The highest BCUT2D eigenvalue weighted by atomic mass is 79.9. The van der Waals surface area contributed by atoms with E-state index < -0.39 is 0 Å². The van der Waals surface area contributed by atoms with Crippen LogP contribution in [0.1, 0.15) is 25.0 Å². The zero-order chi connectivity index (χ0) is 35.9. The molecule has 0 saturated carbocycles. The van der Waals surface area contributed by atoms with E-state index in [0.29, 0.717) is 0 Å². The third-order valence-electron chi connectivity index (χ3n) is 10.8. The number of nitrogens with zero attached hydrogens (tertiary/aromatic N) is 1. The molecule has 0 bridgehead atoms. The van der Waals surface area contributed by atoms with Gasteiger partial charge in [0, 0.05) is 26.9 Å². The summed E-state index contributed by atoms with van der Waals surface area (Å²) < 4.78 is 1.08. The molecule has 2 heteroatoms. The Morgan fingerprint density at radius 3 is 1.55 bits per heavy atom. The SMILES string of the molecule is CC1(C)c2ccccc2-c2ccc(N(c3ccc(-c4ccccc4)cc3)c3cccc(-c4ccccc4-c4ccccc4-c4ccccc4Br)c3)cc21. The summed E-state index contributed by atoms with van der Waals surface area (Å²) in [5.74, 6) is 0. The molecule has 9 rings (SSSR count). The molecule has 53 heavy (non-hydrogen) atoms. The third kappa shape index (κ3) is 5.90. The van der Waals surface area contributed by atoms with Crippen LogP contribution in [-0.2, 0) is 5.41 Å². The molecular formula is C51H38BrN. The van der Waals surface area contributed by atoms with Crippen molar-refractivity contribution in [1.82, 2.24) is 0 Å². The Morgan fingerprint density at radius 2 is 0.830 bits per heavy atom. The van der Waals surface area contributed by atoms with Crippen LogP contribution in [0.25, 0.3) is 55.6 Å². The molecule has 0 radical (unpaired) electrons. The first kappa shape index (κ1) is 32.9. The number of rotatable bonds is 7. The Hall–Kier alpha value is -5.96. The van der Waals surface area contributed by atoms with Crippen LogP contribution in [-0.4, -0.2) is 0 Å². The number of fused-ring (bicyclic) bond motifs is 3. The van der Waals surface area contributed by atoms with Crippen molar-refractivity contribution in [2.75, 3.05) is 4.90 Å². The molecule has 1 nitrogen and oxygen atoms in total. The molecule has 0 amide bonds. The lowest BCUT2D eigenvalue weighted by Gasteiger charge is -2.29. The van der Waals surface area contributed by atoms with Gasteiger partial charge in [-0.05, 0) is 109 Å². The highest BCUT2D eigenvalue weighted by Crippen LogP contribution is 2.51. The summed E-state index contributed by atoms with van der Waals surface area (Å²) in [7, 11) is 0. The number of hydrogen-bond donors (Lipinski definition) is 0. The molecule has 1 aliphatic carbocycles. The fraction of sp³-hybridized carbons (Fsp3) is 0.0588. The van der Waals surface area contributed by atoms with E-state index in [4.69, 9.17) is 0 Å². The van der Waals surface area contributed by atoms with E-state index in [1.54, 1.807) is 0 Å². The average molecular weight is 745 g/mol. The Bertz CT molecular complexity index is 2600. The molecule has 8 aromatic rings. The minimum Gasteiger partial charge on any atom is -0.310 e. The number of halogens is 1. The van der Waals surface area contributed by atoms with E-state index in [1.165, 1.54) is 66.8 Å². The Morgan fingerprint density at radius 1 is 0.340 bits per heavy atom. The third-order valence-corrected chi connectivity index (χ3v) is 11.5. The molecule has 0 spiro atoms. The van der Waals surface area contributed by atoms with Gasteiger partial charge in [-0.25, -0.2) is 0 Å². The van der Waals surface area contributed by atoms with Gasteiger partial charge in [0.2, 0.25) is 0 Å². The van der Waals surface area contributed by atoms with Gasteiger partial charge in [-0.2, -0.15) is 0 Å². The van der Waals surface area contributed by atoms with Crippen molar-refractivity contribution in [3.8, 4) is 55.6 Å². The summed E-state index contributed by atoms with van der Waals surface area (Å²) in [6, 6.07) is 70.4. The second-order valence-corrected chi connectivity index (χ2v) is 15.1. The number of benzene rings is 8. The van der Waals surface area contributed by atoms with Crippen LogP contribution in [0.3, 0.4) is 0 Å². The molecule has 0 fully saturated rings. The summed E-state index contributed by atoms with van der Waals surface area (Å²) in [4.78, 5) is 2.41. The Labute approximate surface area is 321 Å². The highest BCUT2D eigenvalue weighted by molar-refractivity contribution is 9.10. The molecule has 0 heterocycles. The molecule has 0 N–H and O–H groups in total. The maximum Gasteiger partial charge on any atom is 0.0467 e. The van der Waals surface area contributed by atoms with Crippen molar-refractivity contribution in [2.45, 2.75) is 19.3 Å². The fourth-order valence-corrected chi connectivity index (χ4v) is 8.63. The predicted octanol–water partition coefficient (Wildman–Crippen LogP) is 14.9. The summed E-state index contributed by atoms with van der Waals surface area (Å²) >= 11 is 3.82. The standard InChI is InChI=1S/C51H38BrN/c1-51(2)48-25-12-10-23-45(48)46-32-31-40(34-49(46)51)53(38-29-27-36(28-30-38)35-15-4-3-5-16-35)39-18-14-17-37(33-39)41-19-6-7-20-42(41)43-21-8-9-22-44(43)47-24-11-13-26-50(47)52/h3-34H,1-2H3. The lowest BCUT2D eigenvalue weighted by molar-refractivity contribution is 0.660. The summed E-state index contributed by atoms with van der Waals surface area (Å²) in [5, 5.41) is 0. The van der Waals surface area contributed by atoms with Crippen molar-refractivity contribution >= 4 is 33.0 Å². The summed E-state index contributed by atoms with van der Waals surface area (Å²) in [6.07, 6.45) is 0. The maximum atomic E-state index is 3.82. The zero-order valence-electron chi connectivity index (χ0n) is 29.8. The highest BCUT2D eigenvalue weighted by Gasteiger charge is 2.35. The van der Waals surface area contributed by atoms with Crippen LogP contribution >= 0.6 is 15.9 Å². The Balaban J connectivity index is 1.19. The van der Waals surface area contributed by atoms with Crippen molar-refractivity contribution in [3.63, 3.8) is 0 Å². The van der Waals surface area contributed by atoms with Crippen LogP contribution in [0.5, 0.6) is 0 Å². The first-order chi connectivity index (χ1) is 26.0. The van der Waals surface area contributed by atoms with Crippen LogP contribution in [0.2, 0.25) is 0 Å². The van der Waals surface area contributed by atoms with Crippen molar-refractivity contribution in [2.24, 2.45) is 0 Å². The monoisotopic (exact) mass is 743 g/mol. The normalized spacial score (nSPS) is 12.6. The largest absolute Gasteiger partial charge is 0.310 e. The zero-order valence-corrected chi connectivity index (χ0v) is 31.4. The molecule has 0 aromatic heterocycles. The topological polar surface area (TPSA) is 3.24 Å². The number of anilines is 3. The van der Waals surface area contributed by atoms with Crippen molar-refractivity contribution in [1.29, 1.82) is 0 Å². The minimum absolute atomic E-state index is 0.104.